The quantitative estimate of drug-likeness (QED) is 0.671. The van der Waals surface area contributed by atoms with Gasteiger partial charge in [0, 0.05) is 13.2 Å². The van der Waals surface area contributed by atoms with E-state index in [-0.39, 0.29) is 16.7 Å². The summed E-state index contributed by atoms with van der Waals surface area (Å²) in [5.41, 5.74) is 2.97. The van der Waals surface area contributed by atoms with Crippen LogP contribution in [0.25, 0.3) is 11.3 Å². The monoisotopic (exact) mass is 366 g/mol. The molecule has 3 aliphatic carbocycles. The van der Waals surface area contributed by atoms with Crippen LogP contribution in [0.5, 0.6) is 0 Å². The Labute approximate surface area is 156 Å². The van der Waals surface area contributed by atoms with Gasteiger partial charge >= 0.3 is 0 Å². The van der Waals surface area contributed by atoms with Crippen LogP contribution in [-0.2, 0) is 12.5 Å². The SMILES string of the molecule is Cn1ccc([C@@]23CCC[C@@H](CC2)c2cc(-c4c(F)cccc4F)nnc23)n1. The molecule has 0 radical (unpaired) electrons. The minimum Gasteiger partial charge on any atom is -0.276 e. The lowest BCUT2D eigenvalue weighted by atomic mass is 9.68. The molecule has 6 heteroatoms. The molecule has 2 aromatic heterocycles. The summed E-state index contributed by atoms with van der Waals surface area (Å²) in [6.07, 6.45) is 7.11. The van der Waals surface area contributed by atoms with E-state index in [2.05, 4.69) is 21.4 Å². The van der Waals surface area contributed by atoms with Crippen molar-refractivity contribution >= 4 is 0 Å². The molecule has 0 N–H and O–H groups in total. The van der Waals surface area contributed by atoms with Crippen molar-refractivity contribution in [2.45, 2.75) is 43.4 Å². The average Bonchev–Trinajstić information content (AvgIpc) is 2.90. The van der Waals surface area contributed by atoms with Crippen LogP contribution in [0.1, 0.15) is 55.0 Å². The van der Waals surface area contributed by atoms with Gasteiger partial charge in [0.25, 0.3) is 0 Å². The number of nitrogens with zero attached hydrogens (tertiary/aromatic N) is 4. The minimum absolute atomic E-state index is 0.0974. The van der Waals surface area contributed by atoms with Crippen molar-refractivity contribution in [3.8, 4) is 11.3 Å². The van der Waals surface area contributed by atoms with E-state index < -0.39 is 11.6 Å². The highest BCUT2D eigenvalue weighted by atomic mass is 19.1. The lowest BCUT2D eigenvalue weighted by Crippen LogP contribution is -2.33. The largest absolute Gasteiger partial charge is 0.276 e. The van der Waals surface area contributed by atoms with Crippen LogP contribution in [0.15, 0.2) is 36.5 Å². The molecule has 6 rings (SSSR count). The fourth-order valence-corrected chi connectivity index (χ4v) is 4.89. The fraction of sp³-hybridized carbons (Fsp3) is 0.381. The Morgan fingerprint density at radius 1 is 1.07 bits per heavy atom. The highest BCUT2D eigenvalue weighted by molar-refractivity contribution is 5.62. The molecule has 3 aromatic rings. The van der Waals surface area contributed by atoms with Crippen molar-refractivity contribution in [3.05, 3.63) is 65.1 Å². The summed E-state index contributed by atoms with van der Waals surface area (Å²) < 4.78 is 30.3. The van der Waals surface area contributed by atoms with Crippen molar-refractivity contribution in [1.29, 1.82) is 0 Å². The highest BCUT2D eigenvalue weighted by Crippen LogP contribution is 2.53. The predicted molar refractivity (Wildman–Crippen MR) is 97.2 cm³/mol. The van der Waals surface area contributed by atoms with Crippen LogP contribution in [0, 0.1) is 11.6 Å². The number of fused-ring (bicyclic) bond motifs is 3. The summed E-state index contributed by atoms with van der Waals surface area (Å²) in [5, 5.41) is 13.5. The molecule has 2 heterocycles. The summed E-state index contributed by atoms with van der Waals surface area (Å²) in [7, 11) is 1.92. The number of rotatable bonds is 2. The van der Waals surface area contributed by atoms with Gasteiger partial charge in [-0.25, -0.2) is 8.78 Å². The van der Waals surface area contributed by atoms with Crippen molar-refractivity contribution in [2.24, 2.45) is 7.05 Å². The third kappa shape index (κ3) is 2.42. The molecule has 3 aliphatic rings. The zero-order valence-corrected chi connectivity index (χ0v) is 15.1. The summed E-state index contributed by atoms with van der Waals surface area (Å²) in [4.78, 5) is 0. The van der Waals surface area contributed by atoms with Crippen LogP contribution < -0.4 is 0 Å². The van der Waals surface area contributed by atoms with Gasteiger partial charge < -0.3 is 0 Å². The Balaban J connectivity index is 1.71. The minimum atomic E-state index is -0.609. The number of hydrogen-bond acceptors (Lipinski definition) is 3. The first-order chi connectivity index (χ1) is 13.1. The summed E-state index contributed by atoms with van der Waals surface area (Å²) >= 11 is 0. The molecule has 0 amide bonds. The average molecular weight is 366 g/mol. The van der Waals surface area contributed by atoms with Crippen molar-refractivity contribution in [3.63, 3.8) is 0 Å². The van der Waals surface area contributed by atoms with Gasteiger partial charge in [0.15, 0.2) is 0 Å². The van der Waals surface area contributed by atoms with Gasteiger partial charge in [0.2, 0.25) is 0 Å². The molecule has 0 aliphatic heterocycles. The Bertz CT molecular complexity index is 1000. The zero-order valence-electron chi connectivity index (χ0n) is 15.1. The van der Waals surface area contributed by atoms with Crippen LogP contribution in [-0.4, -0.2) is 20.0 Å². The Morgan fingerprint density at radius 2 is 1.89 bits per heavy atom. The summed E-state index contributed by atoms with van der Waals surface area (Å²) in [6, 6.07) is 7.79. The Morgan fingerprint density at radius 3 is 2.63 bits per heavy atom. The Hall–Kier alpha value is -2.63. The van der Waals surface area contributed by atoms with Gasteiger partial charge in [0.05, 0.1) is 28.1 Å². The third-order valence-corrected chi connectivity index (χ3v) is 6.22. The molecule has 2 bridgehead atoms. The second kappa shape index (κ2) is 5.94. The topological polar surface area (TPSA) is 43.6 Å². The molecule has 4 nitrogen and oxygen atoms in total. The molecular formula is C21H20F2N4. The highest BCUT2D eigenvalue weighted by Gasteiger charge is 2.46. The first-order valence-corrected chi connectivity index (χ1v) is 9.41. The standard InChI is InChI=1S/C21H20F2N4/c1-27-11-8-18(26-27)21-9-3-4-13(7-10-21)14-12-17(24-25-20(14)21)19-15(22)5-2-6-16(19)23/h2,5-6,8,11-13H,3-4,7,9-10H2,1H3/t13-,21+/m0/s1. The first-order valence-electron chi connectivity index (χ1n) is 9.41. The van der Waals surface area contributed by atoms with Crippen LogP contribution in [0.3, 0.4) is 0 Å². The number of halogens is 2. The zero-order chi connectivity index (χ0) is 18.6. The van der Waals surface area contributed by atoms with E-state index in [0.29, 0.717) is 5.92 Å². The Kier molecular flexibility index (Phi) is 3.64. The van der Waals surface area contributed by atoms with Gasteiger partial charge in [-0.15, -0.1) is 5.10 Å². The lowest BCUT2D eigenvalue weighted by molar-refractivity contribution is 0.386. The number of aryl methyl sites for hydroxylation is 1. The predicted octanol–water partition coefficient (Wildman–Crippen LogP) is 4.50. The van der Waals surface area contributed by atoms with E-state index in [1.807, 2.05) is 24.0 Å². The molecule has 1 fully saturated rings. The lowest BCUT2D eigenvalue weighted by Gasteiger charge is -2.36. The van der Waals surface area contributed by atoms with Crippen molar-refractivity contribution in [2.75, 3.05) is 0 Å². The second-order valence-electron chi connectivity index (χ2n) is 7.71. The normalized spacial score (nSPS) is 23.9. The molecule has 0 spiro atoms. The summed E-state index contributed by atoms with van der Waals surface area (Å²) in [5.74, 6) is -0.853. The number of hydrogen-bond donors (Lipinski definition) is 0. The second-order valence-corrected chi connectivity index (χ2v) is 7.71. The smallest absolute Gasteiger partial charge is 0.135 e. The molecule has 0 unspecified atom stereocenters. The molecule has 1 aromatic carbocycles. The van der Waals surface area contributed by atoms with E-state index in [4.69, 9.17) is 0 Å². The fourth-order valence-electron chi connectivity index (χ4n) is 4.89. The molecule has 0 saturated heterocycles. The number of aromatic nitrogens is 4. The van der Waals surface area contributed by atoms with Crippen LogP contribution in [0.4, 0.5) is 8.78 Å². The van der Waals surface area contributed by atoms with Crippen LogP contribution >= 0.6 is 0 Å². The van der Waals surface area contributed by atoms with Crippen molar-refractivity contribution < 1.29 is 8.78 Å². The third-order valence-electron chi connectivity index (χ3n) is 6.22. The van der Waals surface area contributed by atoms with Gasteiger partial charge in [0.1, 0.15) is 11.6 Å². The molecular weight excluding hydrogens is 346 g/mol. The maximum absolute atomic E-state index is 14.3. The molecule has 2 atom stereocenters. The van der Waals surface area contributed by atoms with E-state index in [1.165, 1.54) is 18.2 Å². The van der Waals surface area contributed by atoms with E-state index in [0.717, 1.165) is 49.1 Å². The van der Waals surface area contributed by atoms with E-state index in [9.17, 15) is 8.78 Å². The first kappa shape index (κ1) is 16.5. The maximum Gasteiger partial charge on any atom is 0.135 e. The van der Waals surface area contributed by atoms with Gasteiger partial charge in [-0.2, -0.15) is 10.2 Å². The number of benzene rings is 1. The maximum atomic E-state index is 14.3. The molecule has 138 valence electrons. The van der Waals surface area contributed by atoms with E-state index >= 15 is 0 Å². The molecule has 27 heavy (non-hydrogen) atoms. The van der Waals surface area contributed by atoms with Crippen LogP contribution in [0.2, 0.25) is 0 Å². The summed E-state index contributed by atoms with van der Waals surface area (Å²) in [6.45, 7) is 0. The van der Waals surface area contributed by atoms with Gasteiger partial charge in [-0.1, -0.05) is 12.5 Å². The molecule has 1 saturated carbocycles. The van der Waals surface area contributed by atoms with E-state index in [1.54, 1.807) is 0 Å². The van der Waals surface area contributed by atoms with Crippen molar-refractivity contribution in [1.82, 2.24) is 20.0 Å². The van der Waals surface area contributed by atoms with Gasteiger partial charge in [-0.3, -0.25) is 4.68 Å². The van der Waals surface area contributed by atoms with Gasteiger partial charge in [-0.05, 0) is 61.4 Å².